The molecule has 2 aliphatic carbocycles. The predicted octanol–water partition coefficient (Wildman–Crippen LogP) is 6.65. The van der Waals surface area contributed by atoms with E-state index in [9.17, 15) is 8.78 Å². The molecule has 2 saturated carbocycles. The van der Waals surface area contributed by atoms with E-state index >= 15 is 0 Å². The third-order valence-electron chi connectivity index (χ3n) is 6.47. The Labute approximate surface area is 149 Å². The van der Waals surface area contributed by atoms with Gasteiger partial charge in [-0.2, -0.15) is 5.26 Å². The minimum absolute atomic E-state index is 0.136. The maximum atomic E-state index is 13.8. The average Bonchev–Trinajstić information content (AvgIpc) is 2.67. The van der Waals surface area contributed by atoms with Gasteiger partial charge in [-0.3, -0.25) is 0 Å². The number of nitrogens with zero attached hydrogens (tertiary/aromatic N) is 1. The highest BCUT2D eigenvalue weighted by molar-refractivity contribution is 5.34. The van der Waals surface area contributed by atoms with Crippen LogP contribution in [0.25, 0.3) is 0 Å². The molecule has 0 N–H and O–H groups in total. The summed E-state index contributed by atoms with van der Waals surface area (Å²) in [7, 11) is 0. The van der Waals surface area contributed by atoms with Crippen LogP contribution >= 0.6 is 0 Å². The van der Waals surface area contributed by atoms with Crippen molar-refractivity contribution >= 4 is 0 Å². The van der Waals surface area contributed by atoms with Gasteiger partial charge in [0.2, 0.25) is 0 Å². The smallest absolute Gasteiger partial charge is 0.141 e. The van der Waals surface area contributed by atoms with Crippen LogP contribution in [0.1, 0.15) is 74.8 Å². The molecule has 0 spiro atoms. The summed E-state index contributed by atoms with van der Waals surface area (Å²) in [6.45, 7) is 0. The van der Waals surface area contributed by atoms with Gasteiger partial charge in [-0.25, -0.2) is 8.78 Å². The molecule has 25 heavy (non-hydrogen) atoms. The largest absolute Gasteiger partial charge is 0.216 e. The summed E-state index contributed by atoms with van der Waals surface area (Å²) in [5.41, 5.74) is 1.19. The molecular formula is C22H27F2N. The van der Waals surface area contributed by atoms with E-state index in [-0.39, 0.29) is 11.4 Å². The first kappa shape index (κ1) is 18.1. The summed E-state index contributed by atoms with van der Waals surface area (Å²) in [5, 5.41) is 8.85. The van der Waals surface area contributed by atoms with Crippen molar-refractivity contribution in [3.63, 3.8) is 0 Å². The van der Waals surface area contributed by atoms with E-state index in [0.717, 1.165) is 36.7 Å². The van der Waals surface area contributed by atoms with Crippen LogP contribution in [0.15, 0.2) is 30.6 Å². The Balaban J connectivity index is 1.49. The summed E-state index contributed by atoms with van der Waals surface area (Å²) in [5.74, 6) is 2.34. The van der Waals surface area contributed by atoms with E-state index in [1.807, 2.05) is 12.1 Å². The lowest BCUT2D eigenvalue weighted by atomic mass is 9.68. The highest BCUT2D eigenvalue weighted by Crippen LogP contribution is 2.44. The lowest BCUT2D eigenvalue weighted by Crippen LogP contribution is -2.25. The zero-order chi connectivity index (χ0) is 17.6. The fraction of sp³-hybridized carbons (Fsp3) is 0.591. The van der Waals surface area contributed by atoms with Crippen LogP contribution in [0.5, 0.6) is 0 Å². The fourth-order valence-electron chi connectivity index (χ4n) is 4.94. The minimum Gasteiger partial charge on any atom is -0.216 e. The molecule has 1 aromatic carbocycles. The first-order chi connectivity index (χ1) is 12.2. The first-order valence-electron chi connectivity index (χ1n) is 9.66. The van der Waals surface area contributed by atoms with Gasteiger partial charge < -0.3 is 0 Å². The number of rotatable bonds is 4. The molecule has 0 radical (unpaired) electrons. The summed E-state index contributed by atoms with van der Waals surface area (Å²) >= 11 is 0. The van der Waals surface area contributed by atoms with E-state index in [0.29, 0.717) is 18.2 Å². The Morgan fingerprint density at radius 1 is 1.00 bits per heavy atom. The molecule has 0 amide bonds. The average molecular weight is 343 g/mol. The Morgan fingerprint density at radius 2 is 1.64 bits per heavy atom. The summed E-state index contributed by atoms with van der Waals surface area (Å²) < 4.78 is 26.0. The third-order valence-corrected chi connectivity index (χ3v) is 6.47. The van der Waals surface area contributed by atoms with Gasteiger partial charge in [-0.15, -0.1) is 0 Å². The van der Waals surface area contributed by atoms with Gasteiger partial charge in [0.25, 0.3) is 0 Å². The van der Waals surface area contributed by atoms with Crippen molar-refractivity contribution in [2.24, 2.45) is 17.8 Å². The Bertz CT molecular complexity index is 630. The number of hydrogen-bond donors (Lipinski definition) is 0. The summed E-state index contributed by atoms with van der Waals surface area (Å²) in [6.07, 6.45) is 13.0. The maximum absolute atomic E-state index is 13.8. The highest BCUT2D eigenvalue weighted by Gasteiger charge is 2.31. The number of benzene rings is 1. The van der Waals surface area contributed by atoms with Crippen molar-refractivity contribution in [3.05, 3.63) is 47.5 Å². The van der Waals surface area contributed by atoms with E-state index in [1.54, 1.807) is 18.2 Å². The van der Waals surface area contributed by atoms with Crippen molar-refractivity contribution in [2.75, 3.05) is 0 Å². The number of hydrogen-bond acceptors (Lipinski definition) is 1. The molecule has 0 bridgehead atoms. The van der Waals surface area contributed by atoms with Gasteiger partial charge in [0.15, 0.2) is 0 Å². The van der Waals surface area contributed by atoms with Gasteiger partial charge >= 0.3 is 0 Å². The molecule has 0 heterocycles. The normalized spacial score (nSPS) is 30.3. The van der Waals surface area contributed by atoms with Crippen LogP contribution in [-0.2, 0) is 0 Å². The summed E-state index contributed by atoms with van der Waals surface area (Å²) in [6, 6.07) is 7.00. The van der Waals surface area contributed by atoms with Crippen molar-refractivity contribution in [3.8, 4) is 6.07 Å². The summed E-state index contributed by atoms with van der Waals surface area (Å²) in [4.78, 5) is 0. The lowest BCUT2D eigenvalue weighted by molar-refractivity contribution is 0.160. The van der Waals surface area contributed by atoms with E-state index in [4.69, 9.17) is 5.26 Å². The van der Waals surface area contributed by atoms with Crippen LogP contribution in [0.2, 0.25) is 0 Å². The third kappa shape index (κ3) is 4.48. The first-order valence-corrected chi connectivity index (χ1v) is 9.66. The standard InChI is InChI=1S/C22H27F2N/c23-13-1-2-16-3-5-17(6-4-16)18-7-9-19(10-8-18)20-11-12-21(15-25)22(24)14-20/h1,11-14,16-19H,2-10H2/b13-1+/t16-,17-,18?,19?. The van der Waals surface area contributed by atoms with Crippen LogP contribution in [0, 0.1) is 34.9 Å². The molecule has 0 atom stereocenters. The van der Waals surface area contributed by atoms with Crippen molar-refractivity contribution < 1.29 is 8.78 Å². The zero-order valence-corrected chi connectivity index (χ0v) is 14.8. The van der Waals surface area contributed by atoms with Crippen LogP contribution in [-0.4, -0.2) is 0 Å². The van der Waals surface area contributed by atoms with E-state index in [1.165, 1.54) is 38.5 Å². The molecule has 0 aromatic heterocycles. The number of nitriles is 1. The van der Waals surface area contributed by atoms with E-state index in [2.05, 4.69) is 0 Å². The Morgan fingerprint density at radius 3 is 2.20 bits per heavy atom. The van der Waals surface area contributed by atoms with Crippen LogP contribution in [0.3, 0.4) is 0 Å². The molecule has 1 nitrogen and oxygen atoms in total. The molecule has 0 unspecified atom stereocenters. The molecule has 3 rings (SSSR count). The topological polar surface area (TPSA) is 23.8 Å². The molecule has 3 heteroatoms. The Hall–Kier alpha value is -1.69. The molecule has 1 aromatic rings. The van der Waals surface area contributed by atoms with Crippen molar-refractivity contribution in [1.29, 1.82) is 5.26 Å². The molecule has 2 fully saturated rings. The minimum atomic E-state index is -0.386. The van der Waals surface area contributed by atoms with Gasteiger partial charge in [0.1, 0.15) is 11.9 Å². The molecule has 2 aliphatic rings. The monoisotopic (exact) mass is 343 g/mol. The van der Waals surface area contributed by atoms with Crippen molar-refractivity contribution in [2.45, 2.75) is 63.7 Å². The van der Waals surface area contributed by atoms with Crippen molar-refractivity contribution in [1.82, 2.24) is 0 Å². The number of halogens is 2. The SMILES string of the molecule is N#Cc1ccc(C2CCC([C@H]3CC[C@H](C/C=C/F)CC3)CC2)cc1F. The van der Waals surface area contributed by atoms with E-state index < -0.39 is 0 Å². The zero-order valence-electron chi connectivity index (χ0n) is 14.8. The second-order valence-electron chi connectivity index (χ2n) is 7.84. The Kier molecular flexibility index (Phi) is 6.24. The van der Waals surface area contributed by atoms with Gasteiger partial charge in [0, 0.05) is 0 Å². The predicted molar refractivity (Wildman–Crippen MR) is 96.1 cm³/mol. The highest BCUT2D eigenvalue weighted by atomic mass is 19.1. The van der Waals surface area contributed by atoms with Gasteiger partial charge in [-0.1, -0.05) is 12.1 Å². The molecule has 0 aliphatic heterocycles. The lowest BCUT2D eigenvalue weighted by Gasteiger charge is -2.38. The van der Waals surface area contributed by atoms with Crippen LogP contribution < -0.4 is 0 Å². The molecule has 0 saturated heterocycles. The number of allylic oxidation sites excluding steroid dienone is 1. The van der Waals surface area contributed by atoms with Gasteiger partial charge in [-0.05, 0) is 99.2 Å². The van der Waals surface area contributed by atoms with Crippen LogP contribution in [0.4, 0.5) is 8.78 Å². The second-order valence-corrected chi connectivity index (χ2v) is 7.84. The molecule has 134 valence electrons. The maximum Gasteiger partial charge on any atom is 0.141 e. The molecular weight excluding hydrogens is 316 g/mol. The fourth-order valence-corrected chi connectivity index (χ4v) is 4.94. The quantitative estimate of drug-likeness (QED) is 0.600. The second kappa shape index (κ2) is 8.61. The van der Waals surface area contributed by atoms with Gasteiger partial charge in [0.05, 0.1) is 11.9 Å².